The summed E-state index contributed by atoms with van der Waals surface area (Å²) < 4.78 is 5.57. The topological polar surface area (TPSA) is 34.1 Å². The van der Waals surface area contributed by atoms with Crippen molar-refractivity contribution < 1.29 is 4.74 Å². The van der Waals surface area contributed by atoms with Crippen LogP contribution in [0.25, 0.3) is 0 Å². The highest BCUT2D eigenvalue weighted by molar-refractivity contribution is 5.16. The molecule has 2 rings (SSSR count). The fourth-order valence-electron chi connectivity index (χ4n) is 1.62. The van der Waals surface area contributed by atoms with E-state index in [4.69, 9.17) is 4.74 Å². The van der Waals surface area contributed by atoms with Crippen LogP contribution in [-0.4, -0.2) is 24.2 Å². The van der Waals surface area contributed by atoms with Gasteiger partial charge in [-0.2, -0.15) is 0 Å². The Bertz CT molecular complexity index is 278. The zero-order valence-corrected chi connectivity index (χ0v) is 8.49. The molecule has 0 aliphatic carbocycles. The van der Waals surface area contributed by atoms with Gasteiger partial charge in [0.1, 0.15) is 6.61 Å². The molecule has 3 heteroatoms. The predicted molar refractivity (Wildman–Crippen MR) is 55.5 cm³/mol. The first-order chi connectivity index (χ1) is 6.84. The molecule has 0 unspecified atom stereocenters. The molecule has 1 N–H and O–H groups in total. The Morgan fingerprint density at radius 3 is 3.14 bits per heavy atom. The Labute approximate surface area is 84.5 Å². The highest BCUT2D eigenvalue weighted by atomic mass is 16.5. The lowest BCUT2D eigenvalue weighted by Crippen LogP contribution is -2.28. The number of hydrogen-bond donors (Lipinski definition) is 1. The molecule has 0 bridgehead atoms. The number of hydrogen-bond acceptors (Lipinski definition) is 3. The van der Waals surface area contributed by atoms with Gasteiger partial charge in [-0.3, -0.25) is 0 Å². The van der Waals surface area contributed by atoms with Gasteiger partial charge in [0.2, 0.25) is 5.88 Å². The smallest absolute Gasteiger partial charge is 0.213 e. The molecule has 1 saturated heterocycles. The molecular weight excluding hydrogens is 176 g/mol. The first kappa shape index (κ1) is 9.46. The summed E-state index contributed by atoms with van der Waals surface area (Å²) in [4.78, 5) is 4.19. The second-order valence-corrected chi connectivity index (χ2v) is 3.78. The molecule has 3 nitrogen and oxygen atoms in total. The summed E-state index contributed by atoms with van der Waals surface area (Å²) in [5, 5.41) is 3.39. The molecular formula is C11H16N2O. The highest BCUT2D eigenvalue weighted by Gasteiger charge is 2.14. The zero-order valence-electron chi connectivity index (χ0n) is 8.49. The Kier molecular flexibility index (Phi) is 2.99. The van der Waals surface area contributed by atoms with Crippen molar-refractivity contribution in [1.29, 1.82) is 0 Å². The minimum Gasteiger partial charge on any atom is -0.476 e. The number of pyridine rings is 1. The van der Waals surface area contributed by atoms with Gasteiger partial charge in [0.05, 0.1) is 0 Å². The van der Waals surface area contributed by atoms with E-state index in [1.807, 2.05) is 25.3 Å². The maximum Gasteiger partial charge on any atom is 0.213 e. The SMILES string of the molecule is Cc1ccc(OC[C@H]2CCCN2)nc1. The van der Waals surface area contributed by atoms with Crippen LogP contribution in [0, 0.1) is 6.92 Å². The number of aromatic nitrogens is 1. The molecule has 1 atom stereocenters. The van der Waals surface area contributed by atoms with E-state index >= 15 is 0 Å². The van der Waals surface area contributed by atoms with Crippen molar-refractivity contribution >= 4 is 0 Å². The van der Waals surface area contributed by atoms with Crippen LogP contribution < -0.4 is 10.1 Å². The summed E-state index contributed by atoms with van der Waals surface area (Å²) >= 11 is 0. The van der Waals surface area contributed by atoms with E-state index < -0.39 is 0 Å². The fourth-order valence-corrected chi connectivity index (χ4v) is 1.62. The molecule has 1 fully saturated rings. The Hall–Kier alpha value is -1.09. The van der Waals surface area contributed by atoms with Crippen LogP contribution in [0.2, 0.25) is 0 Å². The number of ether oxygens (including phenoxy) is 1. The molecule has 0 aromatic carbocycles. The largest absolute Gasteiger partial charge is 0.476 e. The monoisotopic (exact) mass is 192 g/mol. The minimum absolute atomic E-state index is 0.512. The van der Waals surface area contributed by atoms with Crippen molar-refractivity contribution in [2.75, 3.05) is 13.2 Å². The van der Waals surface area contributed by atoms with Crippen molar-refractivity contribution in [3.8, 4) is 5.88 Å². The molecule has 2 heterocycles. The van der Waals surface area contributed by atoms with Gasteiger partial charge in [-0.15, -0.1) is 0 Å². The van der Waals surface area contributed by atoms with Gasteiger partial charge < -0.3 is 10.1 Å². The quantitative estimate of drug-likeness (QED) is 0.788. The Morgan fingerprint density at radius 1 is 1.57 bits per heavy atom. The third kappa shape index (κ3) is 2.45. The van der Waals surface area contributed by atoms with E-state index in [1.54, 1.807) is 0 Å². The lowest BCUT2D eigenvalue weighted by molar-refractivity contribution is 0.267. The first-order valence-electron chi connectivity index (χ1n) is 5.13. The van der Waals surface area contributed by atoms with Crippen LogP contribution in [0.15, 0.2) is 18.3 Å². The molecule has 0 amide bonds. The number of nitrogens with one attached hydrogen (secondary N) is 1. The van der Waals surface area contributed by atoms with Crippen LogP contribution in [-0.2, 0) is 0 Å². The second kappa shape index (κ2) is 4.42. The predicted octanol–water partition coefficient (Wildman–Crippen LogP) is 1.52. The van der Waals surface area contributed by atoms with E-state index in [0.717, 1.165) is 24.6 Å². The van der Waals surface area contributed by atoms with E-state index in [0.29, 0.717) is 6.04 Å². The fraction of sp³-hybridized carbons (Fsp3) is 0.545. The van der Waals surface area contributed by atoms with Crippen molar-refractivity contribution in [2.45, 2.75) is 25.8 Å². The van der Waals surface area contributed by atoms with Crippen LogP contribution in [0.1, 0.15) is 18.4 Å². The minimum atomic E-state index is 0.512. The second-order valence-electron chi connectivity index (χ2n) is 3.78. The average molecular weight is 192 g/mol. The lowest BCUT2D eigenvalue weighted by Gasteiger charge is -2.10. The maximum atomic E-state index is 5.57. The Balaban J connectivity index is 1.82. The van der Waals surface area contributed by atoms with Crippen LogP contribution in [0.3, 0.4) is 0 Å². The summed E-state index contributed by atoms with van der Waals surface area (Å²) in [5.41, 5.74) is 1.16. The molecule has 1 aromatic rings. The van der Waals surface area contributed by atoms with Crippen molar-refractivity contribution in [1.82, 2.24) is 10.3 Å². The highest BCUT2D eigenvalue weighted by Crippen LogP contribution is 2.10. The van der Waals surface area contributed by atoms with Crippen molar-refractivity contribution in [2.24, 2.45) is 0 Å². The summed E-state index contributed by atoms with van der Waals surface area (Å²) in [7, 11) is 0. The summed E-state index contributed by atoms with van der Waals surface area (Å²) in [6.45, 7) is 3.88. The standard InChI is InChI=1S/C11H16N2O/c1-9-4-5-11(13-7-9)14-8-10-3-2-6-12-10/h4-5,7,10,12H,2-3,6,8H2,1H3/t10-/m1/s1. The zero-order chi connectivity index (χ0) is 9.80. The molecule has 14 heavy (non-hydrogen) atoms. The van der Waals surface area contributed by atoms with Gasteiger partial charge in [0, 0.05) is 18.3 Å². The van der Waals surface area contributed by atoms with Gasteiger partial charge >= 0.3 is 0 Å². The summed E-state index contributed by atoms with van der Waals surface area (Å²) in [6, 6.07) is 4.45. The lowest BCUT2D eigenvalue weighted by atomic mass is 10.2. The molecule has 0 saturated carbocycles. The number of aryl methyl sites for hydroxylation is 1. The van der Waals surface area contributed by atoms with Gasteiger partial charge in [-0.1, -0.05) is 6.07 Å². The molecule has 0 spiro atoms. The van der Waals surface area contributed by atoms with E-state index in [9.17, 15) is 0 Å². The molecule has 0 radical (unpaired) electrons. The average Bonchev–Trinajstić information content (AvgIpc) is 2.70. The normalized spacial score (nSPS) is 21.1. The van der Waals surface area contributed by atoms with Gasteiger partial charge in [-0.25, -0.2) is 4.98 Å². The van der Waals surface area contributed by atoms with Gasteiger partial charge in [0.15, 0.2) is 0 Å². The van der Waals surface area contributed by atoms with E-state index in [2.05, 4.69) is 10.3 Å². The molecule has 1 aliphatic heterocycles. The van der Waals surface area contributed by atoms with Crippen LogP contribution in [0.5, 0.6) is 5.88 Å². The van der Waals surface area contributed by atoms with Crippen LogP contribution in [0.4, 0.5) is 0 Å². The number of rotatable bonds is 3. The molecule has 76 valence electrons. The third-order valence-electron chi connectivity index (χ3n) is 2.48. The van der Waals surface area contributed by atoms with Crippen molar-refractivity contribution in [3.63, 3.8) is 0 Å². The Morgan fingerprint density at radius 2 is 2.50 bits per heavy atom. The molecule has 1 aromatic heterocycles. The van der Waals surface area contributed by atoms with E-state index in [1.165, 1.54) is 12.8 Å². The van der Waals surface area contributed by atoms with E-state index in [-0.39, 0.29) is 0 Å². The third-order valence-corrected chi connectivity index (χ3v) is 2.48. The first-order valence-corrected chi connectivity index (χ1v) is 5.13. The van der Waals surface area contributed by atoms with Crippen molar-refractivity contribution in [3.05, 3.63) is 23.9 Å². The summed E-state index contributed by atoms with van der Waals surface area (Å²) in [5.74, 6) is 0.726. The number of nitrogens with zero attached hydrogens (tertiary/aromatic N) is 1. The molecule has 1 aliphatic rings. The van der Waals surface area contributed by atoms with Gasteiger partial charge in [0.25, 0.3) is 0 Å². The maximum absolute atomic E-state index is 5.57. The summed E-state index contributed by atoms with van der Waals surface area (Å²) in [6.07, 6.45) is 4.30. The van der Waals surface area contributed by atoms with Gasteiger partial charge in [-0.05, 0) is 31.9 Å². The van der Waals surface area contributed by atoms with Crippen LogP contribution >= 0.6 is 0 Å².